The topological polar surface area (TPSA) is 78.7 Å². The molecule has 0 bridgehead atoms. The van der Waals surface area contributed by atoms with Gasteiger partial charge in [-0.1, -0.05) is 12.1 Å². The molecule has 0 radical (unpaired) electrons. The van der Waals surface area contributed by atoms with Crippen LogP contribution < -0.4 is 9.47 Å². The number of nitro benzene ring substituents is 1. The number of hydrogen-bond acceptors (Lipinski definition) is 5. The van der Waals surface area contributed by atoms with Crippen molar-refractivity contribution in [2.45, 2.75) is 0 Å². The number of nitro groups is 1. The van der Waals surface area contributed by atoms with E-state index >= 15 is 0 Å². The van der Waals surface area contributed by atoms with Gasteiger partial charge in [-0.2, -0.15) is 0 Å². The summed E-state index contributed by atoms with van der Waals surface area (Å²) in [6.45, 7) is -0.460. The molecule has 114 valence electrons. The minimum atomic E-state index is -0.651. The average molecular weight is 305 g/mol. The number of non-ortho nitro benzene ring substituents is 1. The minimum Gasteiger partial charge on any atom is -0.493 e. The van der Waals surface area contributed by atoms with Gasteiger partial charge in [0.2, 0.25) is 5.78 Å². The zero-order valence-corrected chi connectivity index (χ0v) is 11.6. The number of carbonyl (C=O) groups excluding carboxylic acids is 1. The molecule has 0 unspecified atom stereocenters. The van der Waals surface area contributed by atoms with Crippen molar-refractivity contribution < 1.29 is 23.6 Å². The first kappa shape index (κ1) is 15.4. The van der Waals surface area contributed by atoms with Gasteiger partial charge < -0.3 is 9.47 Å². The van der Waals surface area contributed by atoms with Crippen LogP contribution in [0.5, 0.6) is 11.5 Å². The molecule has 0 aliphatic rings. The van der Waals surface area contributed by atoms with E-state index in [0.29, 0.717) is 0 Å². The van der Waals surface area contributed by atoms with Crippen molar-refractivity contribution in [3.05, 3.63) is 64.0 Å². The van der Waals surface area contributed by atoms with E-state index in [9.17, 15) is 19.3 Å². The molecule has 2 aromatic carbocycles. The molecule has 22 heavy (non-hydrogen) atoms. The number of methoxy groups -OCH3 is 1. The maximum absolute atomic E-state index is 13.5. The van der Waals surface area contributed by atoms with Crippen LogP contribution in [0.3, 0.4) is 0 Å². The average Bonchev–Trinajstić information content (AvgIpc) is 2.52. The number of benzene rings is 2. The van der Waals surface area contributed by atoms with Crippen molar-refractivity contribution in [2.75, 3.05) is 13.7 Å². The molecular formula is C15H12FNO5. The molecule has 0 saturated heterocycles. The third kappa shape index (κ3) is 3.38. The summed E-state index contributed by atoms with van der Waals surface area (Å²) in [4.78, 5) is 22.1. The highest BCUT2D eigenvalue weighted by atomic mass is 19.1. The number of ether oxygens (including phenoxy) is 2. The SMILES string of the molecule is COc1ccc([N+](=O)[O-])cc1OCC(=O)c1ccccc1F. The Morgan fingerprint density at radius 2 is 1.95 bits per heavy atom. The van der Waals surface area contributed by atoms with Crippen molar-refractivity contribution in [3.8, 4) is 11.5 Å². The van der Waals surface area contributed by atoms with E-state index in [2.05, 4.69) is 0 Å². The lowest BCUT2D eigenvalue weighted by Gasteiger charge is -2.10. The molecule has 0 fully saturated rings. The summed E-state index contributed by atoms with van der Waals surface area (Å²) in [7, 11) is 1.37. The highest BCUT2D eigenvalue weighted by Crippen LogP contribution is 2.31. The first-order chi connectivity index (χ1) is 10.5. The Morgan fingerprint density at radius 1 is 1.23 bits per heavy atom. The Labute approximate surface area is 125 Å². The summed E-state index contributed by atoms with van der Waals surface area (Å²) in [6.07, 6.45) is 0. The van der Waals surface area contributed by atoms with Crippen molar-refractivity contribution in [2.24, 2.45) is 0 Å². The number of nitrogens with zero attached hydrogens (tertiary/aromatic N) is 1. The largest absolute Gasteiger partial charge is 0.493 e. The molecule has 0 aliphatic carbocycles. The third-order valence-corrected chi connectivity index (χ3v) is 2.89. The van der Waals surface area contributed by atoms with Crippen molar-refractivity contribution in [1.82, 2.24) is 0 Å². The Bertz CT molecular complexity index is 717. The van der Waals surface area contributed by atoms with E-state index in [-0.39, 0.29) is 22.7 Å². The van der Waals surface area contributed by atoms with E-state index in [1.807, 2.05) is 0 Å². The number of rotatable bonds is 6. The maximum Gasteiger partial charge on any atom is 0.273 e. The quantitative estimate of drug-likeness (QED) is 0.465. The lowest BCUT2D eigenvalue weighted by Crippen LogP contribution is -2.13. The van der Waals surface area contributed by atoms with Gasteiger partial charge in [-0.15, -0.1) is 0 Å². The molecule has 0 N–H and O–H groups in total. The van der Waals surface area contributed by atoms with Crippen molar-refractivity contribution in [3.63, 3.8) is 0 Å². The second kappa shape index (κ2) is 6.66. The van der Waals surface area contributed by atoms with E-state index in [0.717, 1.165) is 6.07 Å². The van der Waals surface area contributed by atoms with Crippen LogP contribution in [-0.2, 0) is 0 Å². The molecule has 0 aliphatic heterocycles. The molecule has 0 aromatic heterocycles. The smallest absolute Gasteiger partial charge is 0.273 e. The second-order valence-electron chi connectivity index (χ2n) is 4.28. The van der Waals surface area contributed by atoms with Gasteiger partial charge >= 0.3 is 0 Å². The van der Waals surface area contributed by atoms with Gasteiger partial charge in [0.15, 0.2) is 18.1 Å². The number of carbonyl (C=O) groups is 1. The number of ketones is 1. The van der Waals surface area contributed by atoms with Crippen LogP contribution >= 0.6 is 0 Å². The number of hydrogen-bond donors (Lipinski definition) is 0. The van der Waals surface area contributed by atoms with E-state index in [4.69, 9.17) is 9.47 Å². The molecule has 0 amide bonds. The molecule has 0 saturated carbocycles. The predicted octanol–water partition coefficient (Wildman–Crippen LogP) is 3.00. The summed E-state index contributed by atoms with van der Waals surface area (Å²) in [5.41, 5.74) is -0.305. The summed E-state index contributed by atoms with van der Waals surface area (Å²) in [5, 5.41) is 10.7. The third-order valence-electron chi connectivity index (χ3n) is 2.89. The molecule has 7 heteroatoms. The van der Waals surface area contributed by atoms with Gasteiger partial charge in [-0.3, -0.25) is 14.9 Å². The van der Waals surface area contributed by atoms with E-state index < -0.39 is 23.1 Å². The Morgan fingerprint density at radius 3 is 2.59 bits per heavy atom. The van der Waals surface area contributed by atoms with Gasteiger partial charge in [0.1, 0.15) is 5.82 Å². The van der Waals surface area contributed by atoms with Crippen LogP contribution in [0.1, 0.15) is 10.4 Å². The molecular weight excluding hydrogens is 293 g/mol. The monoisotopic (exact) mass is 305 g/mol. The summed E-state index contributed by atoms with van der Waals surface area (Å²) >= 11 is 0. The van der Waals surface area contributed by atoms with Crippen molar-refractivity contribution >= 4 is 11.5 Å². The number of Topliss-reactive ketones (excluding diaryl/α,β-unsaturated/α-hetero) is 1. The molecule has 6 nitrogen and oxygen atoms in total. The van der Waals surface area contributed by atoms with Gasteiger partial charge in [-0.25, -0.2) is 4.39 Å². The summed E-state index contributed by atoms with van der Waals surface area (Å²) in [5.74, 6) is -0.943. The van der Waals surface area contributed by atoms with Crippen LogP contribution in [0, 0.1) is 15.9 Å². The Hall–Kier alpha value is -2.96. The first-order valence-corrected chi connectivity index (χ1v) is 6.26. The lowest BCUT2D eigenvalue weighted by molar-refractivity contribution is -0.385. The Kier molecular flexibility index (Phi) is 4.67. The molecule has 2 aromatic rings. The lowest BCUT2D eigenvalue weighted by atomic mass is 10.1. The van der Waals surface area contributed by atoms with Crippen LogP contribution in [0.4, 0.5) is 10.1 Å². The molecule has 0 heterocycles. The van der Waals surface area contributed by atoms with Crippen LogP contribution in [0.15, 0.2) is 42.5 Å². The van der Waals surface area contributed by atoms with Gasteiger partial charge in [-0.05, 0) is 18.2 Å². The molecule has 0 spiro atoms. The molecule has 2 rings (SSSR count). The predicted molar refractivity (Wildman–Crippen MR) is 75.9 cm³/mol. The van der Waals surface area contributed by atoms with Crippen molar-refractivity contribution in [1.29, 1.82) is 0 Å². The maximum atomic E-state index is 13.5. The van der Waals surface area contributed by atoms with Crippen LogP contribution in [-0.4, -0.2) is 24.4 Å². The fourth-order valence-electron chi connectivity index (χ4n) is 1.80. The minimum absolute atomic E-state index is 0.0430. The highest BCUT2D eigenvalue weighted by molar-refractivity contribution is 5.97. The zero-order chi connectivity index (χ0) is 16.1. The fourth-order valence-corrected chi connectivity index (χ4v) is 1.80. The number of halogens is 1. The zero-order valence-electron chi connectivity index (χ0n) is 11.6. The molecule has 0 atom stereocenters. The van der Waals surface area contributed by atoms with Gasteiger partial charge in [0.25, 0.3) is 5.69 Å². The second-order valence-corrected chi connectivity index (χ2v) is 4.28. The highest BCUT2D eigenvalue weighted by Gasteiger charge is 2.16. The normalized spacial score (nSPS) is 10.1. The van der Waals surface area contributed by atoms with E-state index in [1.54, 1.807) is 0 Å². The van der Waals surface area contributed by atoms with Gasteiger partial charge in [0.05, 0.1) is 23.7 Å². The van der Waals surface area contributed by atoms with Gasteiger partial charge in [0, 0.05) is 6.07 Å². The standard InChI is InChI=1S/C15H12FNO5/c1-21-14-7-6-10(17(19)20)8-15(14)22-9-13(18)11-4-2-3-5-12(11)16/h2-8H,9H2,1H3. The summed E-state index contributed by atoms with van der Waals surface area (Å²) < 4.78 is 23.7. The van der Waals surface area contributed by atoms with Crippen LogP contribution in [0.25, 0.3) is 0 Å². The van der Waals surface area contributed by atoms with E-state index in [1.165, 1.54) is 43.5 Å². The first-order valence-electron chi connectivity index (χ1n) is 6.26. The summed E-state index contributed by atoms with van der Waals surface area (Å²) in [6, 6.07) is 9.27. The fraction of sp³-hybridized carbons (Fsp3) is 0.133. The van der Waals surface area contributed by atoms with Crippen LogP contribution in [0.2, 0.25) is 0 Å². The Balaban J connectivity index is 2.17.